The molecule has 0 unspecified atom stereocenters. The standard InChI is InChI=1S/C24H34N6O4S.C19H26N6O2S/c1-15(2)17-8-7-16(19(27-17)33-6)18-13-25-20-30(18)28-21(35-20)29-11-9-24(32,10-12-29)14-26-22(31)34-23(3,4)5;1-12(2)14-5-4-13(16(22-14)27-3)15-10-21-17-25(15)23-18(28-17)24-8-6-19(26,11-20)7-9-24/h7-8,13,15,32H,9-12,14H2,1-6H3,(H,26,31);4-5,10,12,26H,6-9,11,20H2,1-3H3. The SMILES string of the molecule is COc1nc(C(C)C)ccc1-c1cnc2sc(N3CCC(O)(CN)CC3)nn12.COc1nc(C(C)C)ccc1-c1cnc2sc(N3CCC(O)(CNC(=O)OC(C)(C)C)CC3)nn12. The second-order valence-corrected chi connectivity index (χ2v) is 19.7. The summed E-state index contributed by atoms with van der Waals surface area (Å²) in [6, 6.07) is 8.05. The maximum absolute atomic E-state index is 12.0. The number of aliphatic hydroxyl groups is 2. The Balaban J connectivity index is 0.000000193. The second-order valence-electron chi connectivity index (χ2n) is 17.8. The van der Waals surface area contributed by atoms with Gasteiger partial charge in [0.05, 0.1) is 60.3 Å². The van der Waals surface area contributed by atoms with Gasteiger partial charge in [0, 0.05) is 50.7 Å². The molecular weight excluding hydrogens is 845 g/mol. The Morgan fingerprint density at radius 3 is 1.57 bits per heavy atom. The number of ether oxygens (including phenoxy) is 3. The predicted molar refractivity (Wildman–Crippen MR) is 246 cm³/mol. The number of pyridine rings is 2. The van der Waals surface area contributed by atoms with Gasteiger partial charge >= 0.3 is 6.09 Å². The van der Waals surface area contributed by atoms with Crippen molar-refractivity contribution in [2.45, 2.75) is 103 Å². The topological polar surface area (TPSA) is 216 Å². The highest BCUT2D eigenvalue weighted by Gasteiger charge is 2.35. The first-order chi connectivity index (χ1) is 29.9. The molecule has 6 aromatic rings. The Morgan fingerprint density at radius 1 is 0.762 bits per heavy atom. The first-order valence-electron chi connectivity index (χ1n) is 21.3. The lowest BCUT2D eigenvalue weighted by Gasteiger charge is -2.38. The molecule has 8 heterocycles. The summed E-state index contributed by atoms with van der Waals surface area (Å²) < 4.78 is 20.0. The highest BCUT2D eigenvalue weighted by atomic mass is 32.1. The van der Waals surface area contributed by atoms with Crippen LogP contribution in [0, 0.1) is 0 Å². The van der Waals surface area contributed by atoms with Crippen LogP contribution in [0.4, 0.5) is 15.1 Å². The van der Waals surface area contributed by atoms with E-state index in [-0.39, 0.29) is 6.54 Å². The summed E-state index contributed by atoms with van der Waals surface area (Å²) in [6.45, 7) is 17.0. The van der Waals surface area contributed by atoms with Gasteiger partial charge in [0.15, 0.2) is 0 Å². The number of nitrogens with one attached hydrogen (secondary N) is 1. The fourth-order valence-corrected chi connectivity index (χ4v) is 9.26. The summed E-state index contributed by atoms with van der Waals surface area (Å²) >= 11 is 3.04. The van der Waals surface area contributed by atoms with Crippen molar-refractivity contribution >= 4 is 49.0 Å². The van der Waals surface area contributed by atoms with Crippen molar-refractivity contribution in [2.75, 3.05) is 63.3 Å². The molecule has 0 bridgehead atoms. The molecule has 2 aliphatic heterocycles. The van der Waals surface area contributed by atoms with Gasteiger partial charge in [0.25, 0.3) is 0 Å². The summed E-state index contributed by atoms with van der Waals surface area (Å²) in [6.07, 6.45) is 5.38. The zero-order valence-electron chi connectivity index (χ0n) is 37.6. The molecule has 2 saturated heterocycles. The summed E-state index contributed by atoms with van der Waals surface area (Å²) in [4.78, 5) is 36.2. The van der Waals surface area contributed by atoms with Crippen molar-refractivity contribution in [3.8, 4) is 34.3 Å². The van der Waals surface area contributed by atoms with Gasteiger partial charge in [-0.2, -0.15) is 0 Å². The quantitative estimate of drug-likeness (QED) is 0.115. The van der Waals surface area contributed by atoms with Crippen LogP contribution in [-0.2, 0) is 4.74 Å². The highest BCUT2D eigenvalue weighted by Crippen LogP contribution is 2.37. The van der Waals surface area contributed by atoms with E-state index in [9.17, 15) is 15.0 Å². The van der Waals surface area contributed by atoms with Crippen LogP contribution in [0.15, 0.2) is 36.7 Å². The zero-order chi connectivity index (χ0) is 45.3. The molecule has 2 fully saturated rings. The number of imidazole rings is 2. The Labute approximate surface area is 375 Å². The molecule has 0 atom stereocenters. The number of anilines is 2. The van der Waals surface area contributed by atoms with Crippen LogP contribution in [0.25, 0.3) is 32.4 Å². The molecule has 20 heteroatoms. The van der Waals surface area contributed by atoms with Gasteiger partial charge in [-0.05, 0) is 82.6 Å². The van der Waals surface area contributed by atoms with Gasteiger partial charge in [0.2, 0.25) is 31.9 Å². The number of methoxy groups -OCH3 is 2. The first kappa shape index (κ1) is 45.9. The smallest absolute Gasteiger partial charge is 0.407 e. The van der Waals surface area contributed by atoms with Crippen LogP contribution in [0.1, 0.15) is 97.4 Å². The number of aromatic nitrogens is 8. The van der Waals surface area contributed by atoms with Crippen LogP contribution >= 0.6 is 22.7 Å². The van der Waals surface area contributed by atoms with E-state index in [2.05, 4.69) is 62.7 Å². The van der Waals surface area contributed by atoms with Gasteiger partial charge in [-0.3, -0.25) is 0 Å². The highest BCUT2D eigenvalue weighted by molar-refractivity contribution is 7.20. The number of rotatable bonds is 11. The Bertz CT molecular complexity index is 2510. The van der Waals surface area contributed by atoms with E-state index in [0.717, 1.165) is 67.2 Å². The zero-order valence-corrected chi connectivity index (χ0v) is 39.2. The summed E-state index contributed by atoms with van der Waals surface area (Å²) in [5.41, 5.74) is 8.71. The Hall–Kier alpha value is -5.15. The van der Waals surface area contributed by atoms with Crippen molar-refractivity contribution < 1.29 is 29.2 Å². The molecule has 0 aliphatic carbocycles. The molecule has 63 heavy (non-hydrogen) atoms. The number of carbonyl (C=O) groups excluding carboxylic acids is 1. The monoisotopic (exact) mass is 904 g/mol. The minimum atomic E-state index is -0.979. The third-order valence-corrected chi connectivity index (χ3v) is 13.3. The number of hydrogen-bond donors (Lipinski definition) is 4. The minimum Gasteiger partial charge on any atom is -0.480 e. The van der Waals surface area contributed by atoms with Crippen molar-refractivity contribution in [1.82, 2.24) is 44.5 Å². The first-order valence-corrected chi connectivity index (χ1v) is 23.0. The molecule has 0 aromatic carbocycles. The van der Waals surface area contributed by atoms with Crippen LogP contribution in [0.5, 0.6) is 11.8 Å². The average molecular weight is 905 g/mol. The Kier molecular flexibility index (Phi) is 13.5. The van der Waals surface area contributed by atoms with E-state index in [4.69, 9.17) is 30.1 Å². The third-order valence-electron chi connectivity index (χ3n) is 11.3. The molecule has 6 aromatic heterocycles. The van der Waals surface area contributed by atoms with Gasteiger partial charge in [-0.1, -0.05) is 50.4 Å². The van der Waals surface area contributed by atoms with Crippen molar-refractivity contribution in [3.05, 3.63) is 48.0 Å². The number of hydrogen-bond acceptors (Lipinski definition) is 17. The van der Waals surface area contributed by atoms with Gasteiger partial charge in [0.1, 0.15) is 5.60 Å². The van der Waals surface area contributed by atoms with Crippen LogP contribution in [-0.4, -0.2) is 126 Å². The minimum absolute atomic E-state index is 0.153. The Morgan fingerprint density at radius 2 is 1.19 bits per heavy atom. The van der Waals surface area contributed by atoms with Crippen LogP contribution < -0.4 is 30.3 Å². The largest absolute Gasteiger partial charge is 0.480 e. The molecule has 5 N–H and O–H groups in total. The molecular formula is C43H60N12O6S2. The van der Waals surface area contributed by atoms with Crippen LogP contribution in [0.3, 0.4) is 0 Å². The van der Waals surface area contributed by atoms with Gasteiger partial charge < -0.3 is 45.3 Å². The molecule has 0 radical (unpaired) electrons. The average Bonchev–Trinajstić information content (AvgIpc) is 4.05. The summed E-state index contributed by atoms with van der Waals surface area (Å²) in [7, 11) is 3.25. The lowest BCUT2D eigenvalue weighted by Crippen LogP contribution is -2.51. The maximum atomic E-state index is 12.0. The molecule has 1 amide bonds. The van der Waals surface area contributed by atoms with Crippen LogP contribution in [0.2, 0.25) is 0 Å². The summed E-state index contributed by atoms with van der Waals surface area (Å²) in [5, 5.41) is 35.3. The lowest BCUT2D eigenvalue weighted by molar-refractivity contribution is 0.00798. The number of carbonyl (C=O) groups is 1. The number of piperidine rings is 2. The second kappa shape index (κ2) is 18.5. The predicted octanol–water partition coefficient (Wildman–Crippen LogP) is 6.12. The van der Waals surface area contributed by atoms with Gasteiger partial charge in [-0.15, -0.1) is 10.2 Å². The van der Waals surface area contributed by atoms with E-state index in [0.29, 0.717) is 68.9 Å². The van der Waals surface area contributed by atoms with E-state index >= 15 is 0 Å². The molecule has 18 nitrogen and oxygen atoms in total. The van der Waals surface area contributed by atoms with E-state index in [1.807, 2.05) is 54.1 Å². The summed E-state index contributed by atoms with van der Waals surface area (Å²) in [5.74, 6) is 1.75. The number of nitrogens with two attached hydrogens (primary N) is 1. The van der Waals surface area contributed by atoms with Gasteiger partial charge in [-0.25, -0.2) is 33.8 Å². The van der Waals surface area contributed by atoms with E-state index in [1.54, 1.807) is 38.0 Å². The number of amides is 1. The fourth-order valence-electron chi connectivity index (χ4n) is 7.40. The molecule has 0 spiro atoms. The number of fused-ring (bicyclic) bond motifs is 2. The number of alkyl carbamates (subject to hydrolysis) is 1. The van der Waals surface area contributed by atoms with E-state index in [1.165, 1.54) is 11.3 Å². The molecule has 340 valence electrons. The fraction of sp³-hybridized carbons (Fsp3) is 0.558. The maximum Gasteiger partial charge on any atom is 0.407 e. The van der Waals surface area contributed by atoms with Crippen molar-refractivity contribution in [1.29, 1.82) is 0 Å². The lowest BCUT2D eigenvalue weighted by atomic mass is 9.91. The molecule has 8 rings (SSSR count). The number of nitrogens with zero attached hydrogens (tertiary/aromatic N) is 10. The molecule has 2 aliphatic rings. The van der Waals surface area contributed by atoms with E-state index < -0.39 is 22.9 Å². The normalized spacial score (nSPS) is 16.4. The molecule has 0 saturated carbocycles. The van der Waals surface area contributed by atoms with Crippen molar-refractivity contribution in [2.24, 2.45) is 5.73 Å². The van der Waals surface area contributed by atoms with Crippen molar-refractivity contribution in [3.63, 3.8) is 0 Å². The third kappa shape index (κ3) is 10.3.